The number of rotatable bonds is 5. The van der Waals surface area contributed by atoms with Gasteiger partial charge in [0, 0.05) is 49.3 Å². The summed E-state index contributed by atoms with van der Waals surface area (Å²) in [6.07, 6.45) is 0. The Morgan fingerprint density at radius 2 is 1.00 bits per heavy atom. The third-order valence-corrected chi connectivity index (χ3v) is 13.1. The molecule has 13 rings (SSSR count). The van der Waals surface area contributed by atoms with Crippen LogP contribution in [0.3, 0.4) is 0 Å². The van der Waals surface area contributed by atoms with E-state index in [-0.39, 0.29) is 5.41 Å². The molecule has 0 radical (unpaired) electrons. The summed E-state index contributed by atoms with van der Waals surface area (Å²) in [6.45, 7) is 4.68. The summed E-state index contributed by atoms with van der Waals surface area (Å²) in [5.41, 5.74) is 17.8. The molecule has 1 aliphatic rings. The summed E-state index contributed by atoms with van der Waals surface area (Å²) >= 11 is 0. The number of hydrogen-bond acceptors (Lipinski definition) is 4. The average Bonchev–Trinajstić information content (AvgIpc) is 4.04. The molecule has 0 N–H and O–H groups in total. The molecule has 12 aromatic rings. The van der Waals surface area contributed by atoms with Gasteiger partial charge >= 0.3 is 0 Å². The van der Waals surface area contributed by atoms with E-state index in [4.69, 9.17) is 13.3 Å². The molecule has 0 amide bonds. The Balaban J connectivity index is 1.00. The van der Waals surface area contributed by atoms with Gasteiger partial charge in [0.15, 0.2) is 0 Å². The van der Waals surface area contributed by atoms with E-state index in [0.29, 0.717) is 0 Å². The molecule has 0 spiro atoms. The highest BCUT2D eigenvalue weighted by Gasteiger charge is 2.36. The molecule has 0 aliphatic heterocycles. The van der Waals surface area contributed by atoms with Gasteiger partial charge in [-0.2, -0.15) is 0 Å². The monoisotopic (exact) mass is 783 g/mol. The van der Waals surface area contributed by atoms with Crippen molar-refractivity contribution in [2.24, 2.45) is 0 Å². The van der Waals surface area contributed by atoms with Crippen molar-refractivity contribution in [2.45, 2.75) is 19.3 Å². The van der Waals surface area contributed by atoms with Crippen molar-refractivity contribution in [1.29, 1.82) is 0 Å². The number of hydrogen-bond donors (Lipinski definition) is 0. The summed E-state index contributed by atoms with van der Waals surface area (Å²) in [7, 11) is 0. The molecule has 61 heavy (non-hydrogen) atoms. The van der Waals surface area contributed by atoms with E-state index in [1.165, 1.54) is 22.3 Å². The van der Waals surface area contributed by atoms with Gasteiger partial charge in [0.05, 0.1) is 11.1 Å². The van der Waals surface area contributed by atoms with E-state index in [9.17, 15) is 0 Å². The van der Waals surface area contributed by atoms with Crippen LogP contribution in [0, 0.1) is 0 Å². The van der Waals surface area contributed by atoms with Gasteiger partial charge in [-0.15, -0.1) is 0 Å². The van der Waals surface area contributed by atoms with Gasteiger partial charge in [0.25, 0.3) is 0 Å². The van der Waals surface area contributed by atoms with Crippen molar-refractivity contribution in [2.75, 3.05) is 4.90 Å². The van der Waals surface area contributed by atoms with Gasteiger partial charge in [0.1, 0.15) is 33.5 Å². The van der Waals surface area contributed by atoms with Crippen molar-refractivity contribution in [3.63, 3.8) is 0 Å². The van der Waals surface area contributed by atoms with Crippen LogP contribution in [0.25, 0.3) is 99.2 Å². The van der Waals surface area contributed by atoms with Gasteiger partial charge in [0.2, 0.25) is 0 Å². The van der Waals surface area contributed by atoms with Gasteiger partial charge in [-0.1, -0.05) is 135 Å². The van der Waals surface area contributed by atoms with Crippen molar-refractivity contribution in [1.82, 2.24) is 0 Å². The first-order chi connectivity index (χ1) is 30.0. The van der Waals surface area contributed by atoms with Crippen LogP contribution in [0.1, 0.15) is 25.0 Å². The number of nitrogens with zero attached hydrogens (tertiary/aromatic N) is 1. The summed E-state index contributed by atoms with van der Waals surface area (Å²) in [4.78, 5) is 2.39. The second-order valence-corrected chi connectivity index (χ2v) is 16.8. The molecule has 4 nitrogen and oxygen atoms in total. The largest absolute Gasteiger partial charge is 0.456 e. The van der Waals surface area contributed by atoms with Crippen LogP contribution in [-0.2, 0) is 5.41 Å². The van der Waals surface area contributed by atoms with Crippen LogP contribution in [0.15, 0.2) is 201 Å². The smallest absolute Gasteiger partial charge is 0.143 e. The lowest BCUT2D eigenvalue weighted by Crippen LogP contribution is -2.16. The lowest BCUT2D eigenvalue weighted by atomic mass is 9.82. The first-order valence-corrected chi connectivity index (χ1v) is 20.9. The van der Waals surface area contributed by atoms with Gasteiger partial charge in [-0.05, 0) is 106 Å². The molecule has 0 saturated carbocycles. The quantitative estimate of drug-likeness (QED) is 0.174. The Labute approximate surface area is 351 Å². The molecule has 288 valence electrons. The highest BCUT2D eigenvalue weighted by Crippen LogP contribution is 2.52. The van der Waals surface area contributed by atoms with Crippen LogP contribution in [0.5, 0.6) is 0 Å². The predicted molar refractivity (Wildman–Crippen MR) is 251 cm³/mol. The Bertz CT molecular complexity index is 3730. The summed E-state index contributed by atoms with van der Waals surface area (Å²) in [5, 5.41) is 6.39. The number of fused-ring (bicyclic) bond motifs is 12. The van der Waals surface area contributed by atoms with Crippen LogP contribution >= 0.6 is 0 Å². The second kappa shape index (κ2) is 12.6. The fourth-order valence-electron chi connectivity index (χ4n) is 10.1. The molecule has 0 atom stereocenters. The van der Waals surface area contributed by atoms with E-state index < -0.39 is 0 Å². The van der Waals surface area contributed by atoms with Gasteiger partial charge in [-0.3, -0.25) is 0 Å². The molecule has 0 saturated heterocycles. The third kappa shape index (κ3) is 5.00. The maximum Gasteiger partial charge on any atom is 0.143 e. The molecule has 0 fully saturated rings. The second-order valence-electron chi connectivity index (χ2n) is 16.8. The van der Waals surface area contributed by atoms with E-state index in [2.05, 4.69) is 189 Å². The standard InChI is InChI=1S/C57H37NO3/c1-57(2)47-18-8-6-14-40(47)41-29-27-38(31-48(41)57)58(37-25-22-35(23-26-37)39-16-10-17-44-42-15-7-9-20-50(42)61-56(39)44)49-19-11-21-51-55(49)46-33-53-45(32-54(46)59-51)43-28-24-36(30-52(43)60-53)34-12-4-3-5-13-34/h3-33H,1-2H3. The van der Waals surface area contributed by atoms with E-state index >= 15 is 0 Å². The number of anilines is 3. The zero-order chi connectivity index (χ0) is 40.4. The minimum Gasteiger partial charge on any atom is -0.456 e. The van der Waals surface area contributed by atoms with Crippen molar-refractivity contribution in [3.05, 3.63) is 199 Å². The molecule has 0 unspecified atom stereocenters. The number of benzene rings is 9. The molecule has 9 aromatic carbocycles. The van der Waals surface area contributed by atoms with Gasteiger partial charge < -0.3 is 18.2 Å². The van der Waals surface area contributed by atoms with E-state index in [1.807, 2.05) is 18.2 Å². The molecule has 3 heterocycles. The SMILES string of the molecule is CC1(C)c2ccccc2-c2ccc(N(c3ccc(-c4cccc5c4oc4ccccc45)cc3)c3cccc4oc5cc6c(cc5c34)oc3cc(-c4ccccc4)ccc36)cc21. The molecule has 3 aromatic heterocycles. The highest BCUT2D eigenvalue weighted by molar-refractivity contribution is 6.19. The van der Waals surface area contributed by atoms with E-state index in [1.54, 1.807) is 0 Å². The Morgan fingerprint density at radius 1 is 0.361 bits per heavy atom. The third-order valence-electron chi connectivity index (χ3n) is 13.1. The molecule has 4 heteroatoms. The lowest BCUT2D eigenvalue weighted by molar-refractivity contribution is 0.660. The predicted octanol–water partition coefficient (Wildman–Crippen LogP) is 16.5. The van der Waals surface area contributed by atoms with E-state index in [0.717, 1.165) is 105 Å². The first kappa shape index (κ1) is 34.1. The molecular weight excluding hydrogens is 747 g/mol. The van der Waals surface area contributed by atoms with Crippen molar-refractivity contribution >= 4 is 82.9 Å². The zero-order valence-electron chi connectivity index (χ0n) is 33.6. The maximum atomic E-state index is 6.75. The Hall–Kier alpha value is -7.82. The molecule has 1 aliphatic carbocycles. The first-order valence-electron chi connectivity index (χ1n) is 20.9. The minimum atomic E-state index is -0.162. The fraction of sp³-hybridized carbons (Fsp3) is 0.0526. The van der Waals surface area contributed by atoms with Crippen LogP contribution in [-0.4, -0.2) is 0 Å². The van der Waals surface area contributed by atoms with Crippen LogP contribution in [0.2, 0.25) is 0 Å². The normalized spacial score (nSPS) is 13.2. The Morgan fingerprint density at radius 3 is 1.90 bits per heavy atom. The minimum absolute atomic E-state index is 0.162. The van der Waals surface area contributed by atoms with Gasteiger partial charge in [-0.25, -0.2) is 0 Å². The Kier molecular flexibility index (Phi) is 7.04. The number of para-hydroxylation sites is 2. The number of furan rings is 3. The summed E-state index contributed by atoms with van der Waals surface area (Å²) in [5.74, 6) is 0. The summed E-state index contributed by atoms with van der Waals surface area (Å²) < 4.78 is 19.9. The molecular formula is C57H37NO3. The van der Waals surface area contributed by atoms with Crippen molar-refractivity contribution in [3.8, 4) is 33.4 Å². The van der Waals surface area contributed by atoms with Crippen molar-refractivity contribution < 1.29 is 13.3 Å². The lowest BCUT2D eigenvalue weighted by Gasteiger charge is -2.28. The maximum absolute atomic E-state index is 6.75. The average molecular weight is 784 g/mol. The highest BCUT2D eigenvalue weighted by atomic mass is 16.3. The van der Waals surface area contributed by atoms with Crippen LogP contribution in [0.4, 0.5) is 17.1 Å². The fourth-order valence-corrected chi connectivity index (χ4v) is 10.1. The van der Waals surface area contributed by atoms with Crippen LogP contribution < -0.4 is 4.90 Å². The topological polar surface area (TPSA) is 42.7 Å². The molecule has 0 bridgehead atoms. The summed E-state index contributed by atoms with van der Waals surface area (Å²) in [6, 6.07) is 67.0. The zero-order valence-corrected chi connectivity index (χ0v) is 33.6.